The highest BCUT2D eigenvalue weighted by atomic mass is 16.2. The van der Waals surface area contributed by atoms with Crippen molar-refractivity contribution in [1.29, 1.82) is 0 Å². The van der Waals surface area contributed by atoms with E-state index in [0.717, 1.165) is 25.1 Å². The topological polar surface area (TPSA) is 88.9 Å². The first kappa shape index (κ1) is 20.8. The smallest absolute Gasteiger partial charge is 0.254 e. The minimum absolute atomic E-state index is 0.0894. The molecule has 1 aliphatic rings. The predicted molar refractivity (Wildman–Crippen MR) is 118 cm³/mol. The molecule has 3 aromatic rings. The van der Waals surface area contributed by atoms with Gasteiger partial charge in [0, 0.05) is 32.0 Å². The van der Waals surface area contributed by atoms with E-state index in [-0.39, 0.29) is 17.7 Å². The molecule has 1 aliphatic heterocycles. The number of amides is 2. The van der Waals surface area contributed by atoms with Crippen LogP contribution in [0.2, 0.25) is 0 Å². The van der Waals surface area contributed by atoms with E-state index in [0.29, 0.717) is 30.6 Å². The number of carbonyl (C=O) groups is 2. The minimum atomic E-state index is -0.124. The summed E-state index contributed by atoms with van der Waals surface area (Å²) in [5.41, 5.74) is 4.56. The van der Waals surface area contributed by atoms with Crippen LogP contribution in [-0.2, 0) is 19.4 Å². The second-order valence-corrected chi connectivity index (χ2v) is 8.03. The lowest BCUT2D eigenvalue weighted by Gasteiger charge is -2.24. The highest BCUT2D eigenvalue weighted by Gasteiger charge is 2.25. The van der Waals surface area contributed by atoms with E-state index in [2.05, 4.69) is 51.9 Å². The summed E-state index contributed by atoms with van der Waals surface area (Å²) < 4.78 is 1.91. The van der Waals surface area contributed by atoms with E-state index in [9.17, 15) is 9.59 Å². The third-order valence-corrected chi connectivity index (χ3v) is 5.72. The molecule has 3 heterocycles. The van der Waals surface area contributed by atoms with Crippen molar-refractivity contribution in [3.8, 4) is 0 Å². The average molecular weight is 418 g/mol. The number of nitrogens with zero attached hydrogens (tertiary/aromatic N) is 3. The van der Waals surface area contributed by atoms with Crippen molar-refractivity contribution in [3.63, 3.8) is 0 Å². The number of nitrogens with one attached hydrogen (secondary N) is 2. The van der Waals surface area contributed by atoms with Gasteiger partial charge in [0.15, 0.2) is 0 Å². The number of carbonyl (C=O) groups excluding carboxylic acids is 2. The normalized spacial score (nSPS) is 15.2. The molecule has 0 saturated carbocycles. The molecular formula is C24H27N5O2. The van der Waals surface area contributed by atoms with Crippen LogP contribution in [-0.4, -0.2) is 39.7 Å². The van der Waals surface area contributed by atoms with Gasteiger partial charge in [-0.05, 0) is 49.8 Å². The Labute approximate surface area is 181 Å². The second kappa shape index (κ2) is 9.55. The largest absolute Gasteiger partial charge is 0.352 e. The fraction of sp³-hybridized carbons (Fsp3) is 0.333. The zero-order chi connectivity index (χ0) is 21.6. The van der Waals surface area contributed by atoms with Crippen LogP contribution in [0.3, 0.4) is 0 Å². The quantitative estimate of drug-likeness (QED) is 0.618. The molecule has 1 atom stereocenters. The summed E-state index contributed by atoms with van der Waals surface area (Å²) in [5.74, 6) is 0.0543. The molecule has 0 saturated heterocycles. The van der Waals surface area contributed by atoms with Crippen LogP contribution in [0.25, 0.3) is 0 Å². The van der Waals surface area contributed by atoms with E-state index in [1.807, 2.05) is 4.68 Å². The first-order chi connectivity index (χ1) is 15.1. The van der Waals surface area contributed by atoms with Crippen LogP contribution in [0, 0.1) is 12.8 Å². The molecule has 0 aliphatic carbocycles. The molecule has 2 N–H and O–H groups in total. The van der Waals surface area contributed by atoms with E-state index in [1.54, 1.807) is 30.7 Å². The number of hydrogen-bond acceptors (Lipinski definition) is 4. The van der Waals surface area contributed by atoms with E-state index in [1.165, 1.54) is 11.1 Å². The number of rotatable bonds is 7. The molecule has 2 amide bonds. The monoisotopic (exact) mass is 417 g/mol. The van der Waals surface area contributed by atoms with Gasteiger partial charge < -0.3 is 10.6 Å². The Kier molecular flexibility index (Phi) is 6.40. The maximum atomic E-state index is 12.7. The summed E-state index contributed by atoms with van der Waals surface area (Å²) in [7, 11) is 0. The lowest BCUT2D eigenvalue weighted by atomic mass is 9.94. The van der Waals surface area contributed by atoms with Gasteiger partial charge >= 0.3 is 0 Å². The summed E-state index contributed by atoms with van der Waals surface area (Å²) in [6.07, 6.45) is 7.28. The molecule has 160 valence electrons. The molecule has 0 spiro atoms. The fourth-order valence-electron chi connectivity index (χ4n) is 3.87. The highest BCUT2D eigenvalue weighted by Crippen LogP contribution is 2.22. The molecule has 4 rings (SSSR count). The van der Waals surface area contributed by atoms with Gasteiger partial charge in [0.1, 0.15) is 0 Å². The molecule has 0 unspecified atom stereocenters. The Morgan fingerprint density at radius 2 is 1.94 bits per heavy atom. The van der Waals surface area contributed by atoms with Crippen molar-refractivity contribution >= 4 is 11.8 Å². The van der Waals surface area contributed by atoms with Crippen LogP contribution in [0.5, 0.6) is 0 Å². The van der Waals surface area contributed by atoms with Crippen LogP contribution in [0.4, 0.5) is 0 Å². The van der Waals surface area contributed by atoms with Gasteiger partial charge in [-0.2, -0.15) is 5.10 Å². The van der Waals surface area contributed by atoms with Crippen LogP contribution in [0.15, 0.2) is 55.0 Å². The number of fused-ring (bicyclic) bond motifs is 1. The summed E-state index contributed by atoms with van der Waals surface area (Å²) in [4.78, 5) is 29.0. The van der Waals surface area contributed by atoms with Crippen LogP contribution >= 0.6 is 0 Å². The number of aromatic nitrogens is 3. The van der Waals surface area contributed by atoms with E-state index < -0.39 is 0 Å². The van der Waals surface area contributed by atoms with Gasteiger partial charge in [-0.3, -0.25) is 19.3 Å². The third-order valence-electron chi connectivity index (χ3n) is 5.72. The van der Waals surface area contributed by atoms with Crippen molar-refractivity contribution in [3.05, 3.63) is 82.9 Å². The lowest BCUT2D eigenvalue weighted by molar-refractivity contribution is 0.0935. The lowest BCUT2D eigenvalue weighted by Crippen LogP contribution is -2.34. The molecule has 1 aromatic carbocycles. The minimum Gasteiger partial charge on any atom is -0.352 e. The number of pyridine rings is 1. The van der Waals surface area contributed by atoms with Gasteiger partial charge in [-0.25, -0.2) is 0 Å². The zero-order valence-electron chi connectivity index (χ0n) is 17.7. The Bertz CT molecular complexity index is 1040. The first-order valence-electron chi connectivity index (χ1n) is 10.7. The summed E-state index contributed by atoms with van der Waals surface area (Å²) in [6, 6.07) is 11.8. The van der Waals surface area contributed by atoms with Crippen molar-refractivity contribution in [2.45, 2.75) is 32.7 Å². The van der Waals surface area contributed by atoms with Gasteiger partial charge in [-0.1, -0.05) is 29.8 Å². The van der Waals surface area contributed by atoms with E-state index in [4.69, 9.17) is 0 Å². The molecule has 0 radical (unpaired) electrons. The maximum Gasteiger partial charge on any atom is 0.254 e. The van der Waals surface area contributed by atoms with Crippen LogP contribution < -0.4 is 10.6 Å². The van der Waals surface area contributed by atoms with Crippen molar-refractivity contribution < 1.29 is 9.59 Å². The molecular weight excluding hydrogens is 390 g/mol. The van der Waals surface area contributed by atoms with Crippen molar-refractivity contribution in [1.82, 2.24) is 25.4 Å². The van der Waals surface area contributed by atoms with Gasteiger partial charge in [0.25, 0.3) is 11.8 Å². The summed E-state index contributed by atoms with van der Waals surface area (Å²) >= 11 is 0. The van der Waals surface area contributed by atoms with Gasteiger partial charge in [-0.15, -0.1) is 0 Å². The standard InChI is InChI=1S/C24H27N5O2/c1-17-4-6-18(7-5-17)8-11-26-24(31)21-16-28-29-12-9-19(13-22(21)29)14-27-23(30)20-3-2-10-25-15-20/h2-7,10,15-16,19H,8-9,11-14H2,1H3,(H,26,31)(H,27,30)/t19-/m0/s1. The summed E-state index contributed by atoms with van der Waals surface area (Å²) in [5, 5.41) is 10.4. The Morgan fingerprint density at radius 1 is 1.10 bits per heavy atom. The van der Waals surface area contributed by atoms with Crippen molar-refractivity contribution in [2.75, 3.05) is 13.1 Å². The number of aryl methyl sites for hydroxylation is 2. The highest BCUT2D eigenvalue weighted by molar-refractivity contribution is 5.95. The molecule has 2 aromatic heterocycles. The van der Waals surface area contributed by atoms with Crippen molar-refractivity contribution in [2.24, 2.45) is 5.92 Å². The molecule has 7 nitrogen and oxygen atoms in total. The summed E-state index contributed by atoms with van der Waals surface area (Å²) in [6.45, 7) is 3.95. The zero-order valence-corrected chi connectivity index (χ0v) is 17.7. The Balaban J connectivity index is 1.31. The predicted octanol–water partition coefficient (Wildman–Crippen LogP) is 2.55. The molecule has 31 heavy (non-hydrogen) atoms. The first-order valence-corrected chi connectivity index (χ1v) is 10.7. The second-order valence-electron chi connectivity index (χ2n) is 8.03. The van der Waals surface area contributed by atoms with Gasteiger partial charge in [0.05, 0.1) is 23.0 Å². The third kappa shape index (κ3) is 5.17. The Hall–Kier alpha value is -3.48. The number of benzene rings is 1. The van der Waals surface area contributed by atoms with Crippen LogP contribution in [0.1, 0.15) is 44.0 Å². The molecule has 0 fully saturated rings. The maximum absolute atomic E-state index is 12.7. The fourth-order valence-corrected chi connectivity index (χ4v) is 3.87. The van der Waals surface area contributed by atoms with E-state index >= 15 is 0 Å². The molecule has 0 bridgehead atoms. The SMILES string of the molecule is Cc1ccc(CCNC(=O)c2cnn3c2C[C@@H](CNC(=O)c2cccnc2)CC3)cc1. The number of hydrogen-bond donors (Lipinski definition) is 2. The average Bonchev–Trinajstić information content (AvgIpc) is 3.22. The molecule has 7 heteroatoms. The van der Waals surface area contributed by atoms with Gasteiger partial charge in [0.2, 0.25) is 0 Å². The Morgan fingerprint density at radius 3 is 2.71 bits per heavy atom.